The molecule has 0 aromatic heterocycles. The van der Waals surface area contributed by atoms with Crippen LogP contribution in [0.1, 0.15) is 36.8 Å². The number of rotatable bonds is 2. The molecule has 3 aliphatic rings. The van der Waals surface area contributed by atoms with Gasteiger partial charge in [0.1, 0.15) is 11.2 Å². The molecule has 2 fully saturated rings. The van der Waals surface area contributed by atoms with E-state index >= 15 is 4.39 Å². The summed E-state index contributed by atoms with van der Waals surface area (Å²) < 4.78 is 15.6. The molecule has 10 heteroatoms. The highest BCUT2D eigenvalue weighted by atomic mass is 35.5. The highest BCUT2D eigenvalue weighted by Gasteiger charge is 2.72. The SMILES string of the molecule is CNC(=O)[C@@H]1NC2(CCN(C(C)=O)CC2)[C@@]2(C(=O)Nc3cc(Cl)ccc32)C1c1cccc(Cl)c1F. The first kappa shape index (κ1) is 24.0. The molecule has 3 amide bonds. The van der Waals surface area contributed by atoms with Gasteiger partial charge in [-0.15, -0.1) is 0 Å². The molecule has 3 heterocycles. The molecule has 5 rings (SSSR count). The van der Waals surface area contributed by atoms with E-state index in [0.29, 0.717) is 42.2 Å². The molecule has 0 bridgehead atoms. The zero-order valence-electron chi connectivity index (χ0n) is 19.3. The molecule has 0 radical (unpaired) electrons. The van der Waals surface area contributed by atoms with Crippen LogP contribution in [0.3, 0.4) is 0 Å². The number of halogens is 3. The Labute approximate surface area is 212 Å². The number of hydrogen-bond acceptors (Lipinski definition) is 4. The molecule has 7 nitrogen and oxygen atoms in total. The van der Waals surface area contributed by atoms with Crippen LogP contribution in [0.15, 0.2) is 36.4 Å². The third kappa shape index (κ3) is 3.30. The summed E-state index contributed by atoms with van der Waals surface area (Å²) in [6.45, 7) is 2.30. The van der Waals surface area contributed by atoms with Crippen LogP contribution in [0.2, 0.25) is 10.0 Å². The fraction of sp³-hybridized carbons (Fsp3) is 0.400. The van der Waals surface area contributed by atoms with Crippen molar-refractivity contribution in [3.8, 4) is 0 Å². The van der Waals surface area contributed by atoms with Crippen LogP contribution in [0.25, 0.3) is 0 Å². The lowest BCUT2D eigenvalue weighted by molar-refractivity contribution is -0.132. The fourth-order valence-electron chi connectivity index (χ4n) is 6.42. The summed E-state index contributed by atoms with van der Waals surface area (Å²) in [7, 11) is 1.51. The van der Waals surface area contributed by atoms with Gasteiger partial charge in [-0.2, -0.15) is 0 Å². The Kier molecular flexibility index (Phi) is 5.81. The summed E-state index contributed by atoms with van der Waals surface area (Å²) in [5.41, 5.74) is -0.923. The zero-order chi connectivity index (χ0) is 25.1. The summed E-state index contributed by atoms with van der Waals surface area (Å²) >= 11 is 12.4. The van der Waals surface area contributed by atoms with Gasteiger partial charge in [0.2, 0.25) is 17.7 Å². The van der Waals surface area contributed by atoms with Crippen molar-refractivity contribution in [1.82, 2.24) is 15.5 Å². The van der Waals surface area contributed by atoms with E-state index in [1.807, 2.05) is 0 Å². The molecule has 35 heavy (non-hydrogen) atoms. The molecular formula is C25H25Cl2FN4O3. The Morgan fingerprint density at radius 1 is 1.17 bits per heavy atom. The molecule has 2 aromatic carbocycles. The number of nitrogens with one attached hydrogen (secondary N) is 3. The number of fused-ring (bicyclic) bond motifs is 3. The largest absolute Gasteiger partial charge is 0.358 e. The normalized spacial score (nSPS) is 26.7. The summed E-state index contributed by atoms with van der Waals surface area (Å²) in [6.07, 6.45) is 0.794. The maximum absolute atomic E-state index is 15.6. The Morgan fingerprint density at radius 3 is 2.54 bits per heavy atom. The number of hydrogen-bond donors (Lipinski definition) is 3. The van der Waals surface area contributed by atoms with Crippen molar-refractivity contribution in [3.05, 3.63) is 63.4 Å². The lowest BCUT2D eigenvalue weighted by Crippen LogP contribution is -2.64. The van der Waals surface area contributed by atoms with E-state index < -0.39 is 28.7 Å². The maximum Gasteiger partial charge on any atom is 0.237 e. The highest BCUT2D eigenvalue weighted by molar-refractivity contribution is 6.31. The van der Waals surface area contributed by atoms with Gasteiger partial charge in [-0.3, -0.25) is 19.7 Å². The van der Waals surface area contributed by atoms with Crippen molar-refractivity contribution >= 4 is 46.6 Å². The first-order valence-electron chi connectivity index (χ1n) is 11.5. The van der Waals surface area contributed by atoms with Crippen molar-refractivity contribution in [1.29, 1.82) is 0 Å². The number of nitrogens with zero attached hydrogens (tertiary/aromatic N) is 1. The number of amides is 3. The van der Waals surface area contributed by atoms with Crippen LogP contribution < -0.4 is 16.0 Å². The van der Waals surface area contributed by atoms with Crippen LogP contribution in [-0.4, -0.2) is 54.3 Å². The highest BCUT2D eigenvalue weighted by Crippen LogP contribution is 2.61. The van der Waals surface area contributed by atoms with Crippen LogP contribution >= 0.6 is 23.2 Å². The second-order valence-electron chi connectivity index (χ2n) is 9.40. The molecule has 2 spiro atoms. The average molecular weight is 519 g/mol. The first-order chi connectivity index (χ1) is 16.7. The van der Waals surface area contributed by atoms with Crippen molar-refractivity contribution in [3.63, 3.8) is 0 Å². The summed E-state index contributed by atoms with van der Waals surface area (Å²) in [5, 5.41) is 9.46. The maximum atomic E-state index is 15.6. The molecule has 3 N–H and O–H groups in total. The second kappa shape index (κ2) is 8.47. The minimum atomic E-state index is -1.35. The van der Waals surface area contributed by atoms with E-state index in [0.717, 1.165) is 0 Å². The van der Waals surface area contributed by atoms with E-state index in [4.69, 9.17) is 23.2 Å². The minimum Gasteiger partial charge on any atom is -0.358 e. The molecule has 0 aliphatic carbocycles. The Balaban J connectivity index is 1.80. The number of benzene rings is 2. The van der Waals surface area contributed by atoms with Gasteiger partial charge in [0.05, 0.1) is 11.1 Å². The van der Waals surface area contributed by atoms with Crippen molar-refractivity contribution < 1.29 is 18.8 Å². The quantitative estimate of drug-likeness (QED) is 0.569. The van der Waals surface area contributed by atoms with Gasteiger partial charge in [0.25, 0.3) is 0 Å². The zero-order valence-corrected chi connectivity index (χ0v) is 20.8. The van der Waals surface area contributed by atoms with Gasteiger partial charge in [0.15, 0.2) is 0 Å². The predicted molar refractivity (Wildman–Crippen MR) is 131 cm³/mol. The molecule has 0 saturated carbocycles. The smallest absolute Gasteiger partial charge is 0.237 e. The Bertz CT molecular complexity index is 1250. The Hall–Kier alpha value is -2.68. The lowest BCUT2D eigenvalue weighted by atomic mass is 9.56. The number of piperidine rings is 1. The number of carbonyl (C=O) groups excluding carboxylic acids is 3. The summed E-state index contributed by atoms with van der Waals surface area (Å²) in [4.78, 5) is 41.2. The van der Waals surface area contributed by atoms with Crippen LogP contribution in [0.5, 0.6) is 0 Å². The average Bonchev–Trinajstić information content (AvgIpc) is 3.28. The van der Waals surface area contributed by atoms with Gasteiger partial charge in [-0.05, 0) is 42.2 Å². The molecule has 1 unspecified atom stereocenters. The van der Waals surface area contributed by atoms with Gasteiger partial charge in [0, 0.05) is 49.2 Å². The molecule has 184 valence electrons. The van der Waals surface area contributed by atoms with Crippen LogP contribution in [0, 0.1) is 5.82 Å². The van der Waals surface area contributed by atoms with Gasteiger partial charge >= 0.3 is 0 Å². The van der Waals surface area contributed by atoms with E-state index in [1.165, 1.54) is 20.0 Å². The number of carbonyl (C=O) groups is 3. The van der Waals surface area contributed by atoms with Gasteiger partial charge in [-0.1, -0.05) is 41.4 Å². The van der Waals surface area contributed by atoms with Crippen molar-refractivity contribution in [2.45, 2.75) is 42.7 Å². The molecule has 3 atom stereocenters. The van der Waals surface area contributed by atoms with E-state index in [1.54, 1.807) is 35.2 Å². The topological polar surface area (TPSA) is 90.5 Å². The molecule has 2 saturated heterocycles. The summed E-state index contributed by atoms with van der Waals surface area (Å²) in [5.74, 6) is -2.34. The fourth-order valence-corrected chi connectivity index (χ4v) is 6.78. The number of likely N-dealkylation sites (tertiary alicyclic amines) is 1. The third-order valence-electron chi connectivity index (χ3n) is 7.91. The van der Waals surface area contributed by atoms with E-state index in [-0.39, 0.29) is 28.3 Å². The monoisotopic (exact) mass is 518 g/mol. The lowest BCUT2D eigenvalue weighted by Gasteiger charge is -2.49. The minimum absolute atomic E-state index is 0.0600. The number of likely N-dealkylation sites (N-methyl/N-ethyl adjacent to an activating group) is 1. The molecule has 3 aliphatic heterocycles. The first-order valence-corrected chi connectivity index (χ1v) is 12.2. The van der Waals surface area contributed by atoms with E-state index in [2.05, 4.69) is 16.0 Å². The van der Waals surface area contributed by atoms with Crippen LogP contribution in [-0.2, 0) is 19.8 Å². The molecular weight excluding hydrogens is 494 g/mol. The Morgan fingerprint density at radius 2 is 1.89 bits per heavy atom. The molecule has 2 aromatic rings. The standard InChI is InChI=1S/C25H25Cl2FN4O3/c1-13(33)32-10-8-24(9-11-32)25(16-7-6-14(26)12-18(16)30-23(25)35)19(21(31-24)22(34)29-2)15-4-3-5-17(27)20(15)28/h3-7,12,19,21,31H,8-11H2,1-2H3,(H,29,34)(H,30,35)/t19?,21-,25-/m1/s1. The second-order valence-corrected chi connectivity index (χ2v) is 10.2. The van der Waals surface area contributed by atoms with Gasteiger partial charge in [-0.25, -0.2) is 4.39 Å². The van der Waals surface area contributed by atoms with Crippen molar-refractivity contribution in [2.24, 2.45) is 0 Å². The van der Waals surface area contributed by atoms with E-state index in [9.17, 15) is 14.4 Å². The van der Waals surface area contributed by atoms with Crippen molar-refractivity contribution in [2.75, 3.05) is 25.5 Å². The van der Waals surface area contributed by atoms with Gasteiger partial charge < -0.3 is 15.5 Å². The van der Waals surface area contributed by atoms with Crippen LogP contribution in [0.4, 0.5) is 10.1 Å². The third-order valence-corrected chi connectivity index (χ3v) is 8.43. The number of anilines is 1. The summed E-state index contributed by atoms with van der Waals surface area (Å²) in [6, 6.07) is 8.85. The predicted octanol–water partition coefficient (Wildman–Crippen LogP) is 3.21.